The molecule has 3 aromatic rings. The first-order valence-electron chi connectivity index (χ1n) is 12.3. The van der Waals surface area contributed by atoms with Crippen LogP contribution < -0.4 is 9.64 Å². The summed E-state index contributed by atoms with van der Waals surface area (Å²) in [5, 5.41) is 0. The van der Waals surface area contributed by atoms with E-state index >= 15 is 0 Å². The number of benzene rings is 3. The number of carbonyl (C=O) groups is 2. The molecule has 172 valence electrons. The molecule has 0 aromatic heterocycles. The van der Waals surface area contributed by atoms with Gasteiger partial charge in [-0.05, 0) is 52.3 Å². The van der Waals surface area contributed by atoms with E-state index in [9.17, 15) is 9.59 Å². The lowest BCUT2D eigenvalue weighted by Crippen LogP contribution is -2.41. The van der Waals surface area contributed by atoms with E-state index in [0.717, 1.165) is 6.42 Å². The smallest absolute Gasteiger partial charge is 0.238 e. The maximum Gasteiger partial charge on any atom is 0.238 e. The number of anilines is 1. The molecule has 4 heteroatoms. The summed E-state index contributed by atoms with van der Waals surface area (Å²) in [4.78, 5) is 29.5. The van der Waals surface area contributed by atoms with Crippen LogP contribution in [-0.4, -0.2) is 18.4 Å². The molecule has 7 rings (SSSR count). The van der Waals surface area contributed by atoms with Gasteiger partial charge in [0.05, 0.1) is 24.1 Å². The fourth-order valence-corrected chi connectivity index (χ4v) is 6.32. The van der Waals surface area contributed by atoms with Gasteiger partial charge in [0, 0.05) is 11.8 Å². The van der Waals surface area contributed by atoms with Crippen molar-refractivity contribution in [3.8, 4) is 5.75 Å². The van der Waals surface area contributed by atoms with Crippen LogP contribution in [0.4, 0.5) is 5.69 Å². The normalized spacial score (nSPS) is 24.3. The molecule has 1 saturated heterocycles. The van der Waals surface area contributed by atoms with Gasteiger partial charge >= 0.3 is 0 Å². The minimum atomic E-state index is -0.387. The van der Waals surface area contributed by atoms with Crippen LogP contribution in [0.25, 0.3) is 0 Å². The Morgan fingerprint density at radius 3 is 2.03 bits per heavy atom. The molecule has 0 saturated carbocycles. The lowest BCUT2D eigenvalue weighted by atomic mass is 9.54. The highest BCUT2D eigenvalue weighted by Crippen LogP contribution is 2.61. The lowest BCUT2D eigenvalue weighted by molar-refractivity contribution is -0.122. The van der Waals surface area contributed by atoms with Gasteiger partial charge in [0.1, 0.15) is 5.75 Å². The molecule has 1 fully saturated rings. The number of amides is 2. The predicted octanol–water partition coefficient (Wildman–Crippen LogP) is 6.00. The van der Waals surface area contributed by atoms with E-state index in [1.807, 2.05) is 43.3 Å². The number of ether oxygens (including phenoxy) is 1. The number of hydrogen-bond acceptors (Lipinski definition) is 3. The Kier molecular flexibility index (Phi) is 4.87. The number of hydrogen-bond donors (Lipinski definition) is 0. The van der Waals surface area contributed by atoms with E-state index in [4.69, 9.17) is 4.74 Å². The summed E-state index contributed by atoms with van der Waals surface area (Å²) in [7, 11) is 0. The van der Waals surface area contributed by atoms with E-state index < -0.39 is 0 Å². The van der Waals surface area contributed by atoms with Crippen LogP contribution >= 0.6 is 0 Å². The SMILES string of the molecule is CCCOc1ccccc1N1C(=O)[C@@H]2[C@@H]3c4ccccc4[C@H](c4cc(C(C)C)ccc43)[C@H]2C1=O. The van der Waals surface area contributed by atoms with E-state index in [-0.39, 0.29) is 35.5 Å². The highest BCUT2D eigenvalue weighted by Gasteiger charge is 2.62. The molecule has 0 radical (unpaired) electrons. The average molecular weight is 452 g/mol. The van der Waals surface area contributed by atoms with Crippen molar-refractivity contribution in [1.82, 2.24) is 0 Å². The molecule has 4 aliphatic rings. The highest BCUT2D eigenvalue weighted by molar-refractivity contribution is 6.24. The summed E-state index contributed by atoms with van der Waals surface area (Å²) in [6.07, 6.45) is 0.856. The molecule has 1 aliphatic heterocycles. The summed E-state index contributed by atoms with van der Waals surface area (Å²) < 4.78 is 5.94. The van der Waals surface area contributed by atoms with Crippen molar-refractivity contribution in [2.24, 2.45) is 11.8 Å². The third-order valence-corrected chi connectivity index (χ3v) is 7.80. The van der Waals surface area contributed by atoms with Crippen LogP contribution in [0.15, 0.2) is 66.7 Å². The van der Waals surface area contributed by atoms with Crippen LogP contribution in [0.1, 0.15) is 72.8 Å². The fraction of sp³-hybridized carbons (Fsp3) is 0.333. The highest BCUT2D eigenvalue weighted by atomic mass is 16.5. The van der Waals surface area contributed by atoms with Crippen molar-refractivity contribution >= 4 is 17.5 Å². The number of imide groups is 1. The van der Waals surface area contributed by atoms with E-state index in [1.54, 1.807) is 0 Å². The van der Waals surface area contributed by atoms with Gasteiger partial charge in [-0.2, -0.15) is 0 Å². The Labute approximate surface area is 200 Å². The Morgan fingerprint density at radius 2 is 1.38 bits per heavy atom. The standard InChI is InChI=1S/C30H29NO3/c1-4-15-34-24-12-8-7-11-23(24)31-29(32)27-25-19-9-5-6-10-20(19)26(28(27)30(31)33)22-16-18(17(2)3)13-14-21(22)25/h5-14,16-17,25-28H,4,15H2,1-3H3/t25-,26-,27-,28-/m1/s1. The molecule has 0 spiro atoms. The number of para-hydroxylation sites is 2. The van der Waals surface area contributed by atoms with E-state index in [2.05, 4.69) is 44.2 Å². The molecule has 2 amide bonds. The van der Waals surface area contributed by atoms with Crippen molar-refractivity contribution in [3.63, 3.8) is 0 Å². The zero-order chi connectivity index (χ0) is 23.6. The number of carbonyl (C=O) groups excluding carboxylic acids is 2. The monoisotopic (exact) mass is 451 g/mol. The quantitative estimate of drug-likeness (QED) is 0.447. The molecule has 1 heterocycles. The summed E-state index contributed by atoms with van der Waals surface area (Å²) in [5.74, 6) is -0.201. The third kappa shape index (κ3) is 2.84. The predicted molar refractivity (Wildman–Crippen MR) is 132 cm³/mol. The second-order valence-electron chi connectivity index (χ2n) is 10.0. The van der Waals surface area contributed by atoms with Crippen molar-refractivity contribution in [1.29, 1.82) is 0 Å². The first-order chi connectivity index (χ1) is 16.5. The molecule has 2 bridgehead atoms. The molecule has 0 unspecified atom stereocenters. The van der Waals surface area contributed by atoms with Gasteiger partial charge in [-0.1, -0.05) is 75.4 Å². The number of rotatable bonds is 5. The van der Waals surface area contributed by atoms with Gasteiger partial charge in [0.25, 0.3) is 0 Å². The van der Waals surface area contributed by atoms with Crippen molar-refractivity contribution in [2.45, 2.75) is 44.9 Å². The molecular formula is C30H29NO3. The second-order valence-corrected chi connectivity index (χ2v) is 10.0. The fourth-order valence-electron chi connectivity index (χ4n) is 6.32. The maximum atomic E-state index is 14.1. The third-order valence-electron chi connectivity index (χ3n) is 7.80. The molecule has 0 N–H and O–H groups in total. The van der Waals surface area contributed by atoms with Crippen LogP contribution in [0, 0.1) is 11.8 Å². The van der Waals surface area contributed by atoms with Gasteiger partial charge in [-0.15, -0.1) is 0 Å². The Bertz CT molecular complexity index is 1310. The van der Waals surface area contributed by atoms with E-state index in [0.29, 0.717) is 24.0 Å². The van der Waals surface area contributed by atoms with Gasteiger partial charge in [0.2, 0.25) is 11.8 Å². The Hall–Kier alpha value is -3.40. The Balaban J connectivity index is 1.51. The molecule has 3 aliphatic carbocycles. The summed E-state index contributed by atoms with van der Waals surface area (Å²) in [6.45, 7) is 6.97. The minimum absolute atomic E-state index is 0.104. The second kappa shape index (κ2) is 7.83. The largest absolute Gasteiger partial charge is 0.491 e. The lowest BCUT2D eigenvalue weighted by Gasteiger charge is -2.46. The summed E-state index contributed by atoms with van der Waals surface area (Å²) in [5.41, 5.74) is 6.64. The maximum absolute atomic E-state index is 14.1. The summed E-state index contributed by atoms with van der Waals surface area (Å²) in [6, 6.07) is 22.5. The van der Waals surface area contributed by atoms with Gasteiger partial charge in [0.15, 0.2) is 0 Å². The molecule has 34 heavy (non-hydrogen) atoms. The van der Waals surface area contributed by atoms with Crippen LogP contribution in [0.3, 0.4) is 0 Å². The topological polar surface area (TPSA) is 46.6 Å². The number of nitrogens with zero attached hydrogens (tertiary/aromatic N) is 1. The molecule has 4 nitrogen and oxygen atoms in total. The molecular weight excluding hydrogens is 422 g/mol. The van der Waals surface area contributed by atoms with Gasteiger partial charge in [-0.25, -0.2) is 4.90 Å². The van der Waals surface area contributed by atoms with Crippen LogP contribution in [-0.2, 0) is 9.59 Å². The zero-order valence-electron chi connectivity index (χ0n) is 19.8. The van der Waals surface area contributed by atoms with Crippen LogP contribution in [0.5, 0.6) is 5.75 Å². The zero-order valence-corrected chi connectivity index (χ0v) is 19.8. The van der Waals surface area contributed by atoms with Crippen molar-refractivity contribution in [3.05, 3.63) is 94.5 Å². The molecule has 4 atom stereocenters. The first kappa shape index (κ1) is 21.2. The summed E-state index contributed by atoms with van der Waals surface area (Å²) >= 11 is 0. The van der Waals surface area contributed by atoms with Crippen molar-refractivity contribution < 1.29 is 14.3 Å². The van der Waals surface area contributed by atoms with Gasteiger partial charge in [-0.3, -0.25) is 9.59 Å². The van der Waals surface area contributed by atoms with Crippen LogP contribution in [0.2, 0.25) is 0 Å². The first-order valence-corrected chi connectivity index (χ1v) is 12.3. The Morgan fingerprint density at radius 1 is 0.794 bits per heavy atom. The molecule has 3 aromatic carbocycles. The minimum Gasteiger partial charge on any atom is -0.491 e. The van der Waals surface area contributed by atoms with Gasteiger partial charge < -0.3 is 4.74 Å². The van der Waals surface area contributed by atoms with Crippen molar-refractivity contribution in [2.75, 3.05) is 11.5 Å². The van der Waals surface area contributed by atoms with E-state index in [1.165, 1.54) is 32.7 Å². The average Bonchev–Trinajstić information content (AvgIpc) is 3.13.